The third-order valence-electron chi connectivity index (χ3n) is 3.97. The molecule has 0 amide bonds. The molecule has 1 fully saturated rings. The quantitative estimate of drug-likeness (QED) is 0.828. The van der Waals surface area contributed by atoms with Crippen molar-refractivity contribution in [2.45, 2.75) is 31.8 Å². The Morgan fingerprint density at radius 1 is 1.44 bits per heavy atom. The van der Waals surface area contributed by atoms with E-state index in [0.717, 1.165) is 44.6 Å². The Kier molecular flexibility index (Phi) is 2.96. The highest BCUT2D eigenvalue weighted by Crippen LogP contribution is 2.32. The molecule has 2 N–H and O–H groups in total. The number of hydrogen-bond acceptors (Lipinski definition) is 3. The normalized spacial score (nSPS) is 22.9. The zero-order valence-electron chi connectivity index (χ0n) is 10.4. The van der Waals surface area contributed by atoms with Crippen LogP contribution in [-0.4, -0.2) is 30.2 Å². The molecular formula is C14H18N2O2. The van der Waals surface area contributed by atoms with Gasteiger partial charge in [0.05, 0.1) is 0 Å². The molecule has 0 bridgehead atoms. The van der Waals surface area contributed by atoms with Crippen LogP contribution in [0.3, 0.4) is 0 Å². The molecule has 0 aromatic heterocycles. The Labute approximate surface area is 107 Å². The highest BCUT2D eigenvalue weighted by atomic mass is 16.4. The summed E-state index contributed by atoms with van der Waals surface area (Å²) >= 11 is 0. The molecule has 4 nitrogen and oxygen atoms in total. The molecule has 0 spiro atoms. The Balaban J connectivity index is 1.99. The number of aliphatic carboxylic acids is 1. The summed E-state index contributed by atoms with van der Waals surface area (Å²) in [4.78, 5) is 13.4. The van der Waals surface area contributed by atoms with E-state index in [0.29, 0.717) is 0 Å². The Hall–Kier alpha value is -1.55. The fourth-order valence-electron chi connectivity index (χ4n) is 3.08. The van der Waals surface area contributed by atoms with Gasteiger partial charge in [0.2, 0.25) is 0 Å². The summed E-state index contributed by atoms with van der Waals surface area (Å²) in [6, 6.07) is 5.92. The topological polar surface area (TPSA) is 52.6 Å². The van der Waals surface area contributed by atoms with Gasteiger partial charge < -0.3 is 15.3 Å². The lowest BCUT2D eigenvalue weighted by Crippen LogP contribution is -2.37. The van der Waals surface area contributed by atoms with E-state index in [-0.39, 0.29) is 6.04 Å². The van der Waals surface area contributed by atoms with Crippen LogP contribution in [0.2, 0.25) is 0 Å². The predicted molar refractivity (Wildman–Crippen MR) is 69.9 cm³/mol. The third-order valence-corrected chi connectivity index (χ3v) is 3.97. The van der Waals surface area contributed by atoms with Gasteiger partial charge >= 0.3 is 5.97 Å². The van der Waals surface area contributed by atoms with Gasteiger partial charge in [0, 0.05) is 18.8 Å². The van der Waals surface area contributed by atoms with Gasteiger partial charge in [-0.05, 0) is 43.0 Å². The Morgan fingerprint density at radius 2 is 2.33 bits per heavy atom. The number of carboxylic acid groups (broad SMARTS) is 1. The highest BCUT2D eigenvalue weighted by molar-refractivity contribution is 5.79. The molecule has 2 heterocycles. The summed E-state index contributed by atoms with van der Waals surface area (Å²) < 4.78 is 0. The second-order valence-corrected chi connectivity index (χ2v) is 5.03. The lowest BCUT2D eigenvalue weighted by Gasteiger charge is -2.29. The first kappa shape index (κ1) is 11.5. The maximum Gasteiger partial charge on any atom is 0.326 e. The van der Waals surface area contributed by atoms with Gasteiger partial charge in [-0.1, -0.05) is 12.1 Å². The molecule has 1 unspecified atom stereocenters. The summed E-state index contributed by atoms with van der Waals surface area (Å²) in [6.45, 7) is 2.72. The van der Waals surface area contributed by atoms with E-state index in [4.69, 9.17) is 0 Å². The SMILES string of the molecule is O=C(O)C1CCCN1c1cccc2c1CNCC2. The van der Waals surface area contributed by atoms with Crippen molar-refractivity contribution in [3.8, 4) is 0 Å². The average Bonchev–Trinajstić information content (AvgIpc) is 2.87. The second kappa shape index (κ2) is 4.61. The predicted octanol–water partition coefficient (Wildman–Crippen LogP) is 1.39. The first-order chi connectivity index (χ1) is 8.77. The summed E-state index contributed by atoms with van der Waals surface area (Å²) in [6.07, 6.45) is 2.76. The molecular weight excluding hydrogens is 228 g/mol. The zero-order chi connectivity index (χ0) is 12.5. The van der Waals surface area contributed by atoms with Gasteiger partial charge in [0.25, 0.3) is 0 Å². The fraction of sp³-hybridized carbons (Fsp3) is 0.500. The summed E-state index contributed by atoms with van der Waals surface area (Å²) in [5.41, 5.74) is 3.77. The van der Waals surface area contributed by atoms with Crippen LogP contribution >= 0.6 is 0 Å². The number of carboxylic acids is 1. The first-order valence-corrected chi connectivity index (χ1v) is 6.58. The molecule has 0 aliphatic carbocycles. The lowest BCUT2D eigenvalue weighted by molar-refractivity contribution is -0.138. The average molecular weight is 246 g/mol. The van der Waals surface area contributed by atoms with Crippen LogP contribution in [0.25, 0.3) is 0 Å². The summed E-state index contributed by atoms with van der Waals surface area (Å²) in [7, 11) is 0. The van der Waals surface area contributed by atoms with Crippen molar-refractivity contribution in [2.75, 3.05) is 18.0 Å². The van der Waals surface area contributed by atoms with Crippen molar-refractivity contribution in [3.05, 3.63) is 29.3 Å². The molecule has 18 heavy (non-hydrogen) atoms. The van der Waals surface area contributed by atoms with Gasteiger partial charge in [-0.25, -0.2) is 4.79 Å². The van der Waals surface area contributed by atoms with Crippen LogP contribution in [0.15, 0.2) is 18.2 Å². The van der Waals surface area contributed by atoms with E-state index in [1.54, 1.807) is 0 Å². The minimum atomic E-state index is -0.700. The van der Waals surface area contributed by atoms with Crippen molar-refractivity contribution >= 4 is 11.7 Å². The molecule has 1 atom stereocenters. The van der Waals surface area contributed by atoms with Crippen molar-refractivity contribution in [3.63, 3.8) is 0 Å². The van der Waals surface area contributed by atoms with Crippen LogP contribution < -0.4 is 10.2 Å². The van der Waals surface area contributed by atoms with Crippen LogP contribution in [-0.2, 0) is 17.8 Å². The number of fused-ring (bicyclic) bond motifs is 1. The summed E-state index contributed by atoms with van der Waals surface area (Å²) in [5.74, 6) is -0.700. The molecule has 1 saturated heterocycles. The molecule has 1 aromatic rings. The number of benzene rings is 1. The lowest BCUT2D eigenvalue weighted by atomic mass is 9.98. The molecule has 1 aromatic carbocycles. The minimum absolute atomic E-state index is 0.349. The Bertz CT molecular complexity index is 473. The van der Waals surface area contributed by atoms with Crippen LogP contribution in [0.1, 0.15) is 24.0 Å². The second-order valence-electron chi connectivity index (χ2n) is 5.03. The number of nitrogens with one attached hydrogen (secondary N) is 1. The number of nitrogens with zero attached hydrogens (tertiary/aromatic N) is 1. The molecule has 3 rings (SSSR count). The van der Waals surface area contributed by atoms with Crippen molar-refractivity contribution < 1.29 is 9.90 Å². The van der Waals surface area contributed by atoms with Gasteiger partial charge in [-0.2, -0.15) is 0 Å². The van der Waals surface area contributed by atoms with E-state index >= 15 is 0 Å². The summed E-state index contributed by atoms with van der Waals surface area (Å²) in [5, 5.41) is 12.7. The molecule has 2 aliphatic rings. The van der Waals surface area contributed by atoms with Crippen LogP contribution in [0.4, 0.5) is 5.69 Å². The monoisotopic (exact) mass is 246 g/mol. The molecule has 2 aliphatic heterocycles. The van der Waals surface area contributed by atoms with Gasteiger partial charge in [0.15, 0.2) is 0 Å². The number of hydrogen-bond donors (Lipinski definition) is 2. The number of rotatable bonds is 2. The largest absolute Gasteiger partial charge is 0.480 e. The third kappa shape index (κ3) is 1.86. The van der Waals surface area contributed by atoms with Gasteiger partial charge in [0.1, 0.15) is 6.04 Å². The highest BCUT2D eigenvalue weighted by Gasteiger charge is 2.32. The smallest absolute Gasteiger partial charge is 0.326 e. The van der Waals surface area contributed by atoms with Crippen molar-refractivity contribution in [2.24, 2.45) is 0 Å². The van der Waals surface area contributed by atoms with Crippen LogP contribution in [0, 0.1) is 0 Å². The Morgan fingerprint density at radius 3 is 3.17 bits per heavy atom. The molecule has 0 radical (unpaired) electrons. The van der Waals surface area contributed by atoms with Crippen LogP contribution in [0.5, 0.6) is 0 Å². The number of anilines is 1. The van der Waals surface area contributed by atoms with Gasteiger partial charge in [-0.15, -0.1) is 0 Å². The van der Waals surface area contributed by atoms with E-state index in [1.807, 2.05) is 0 Å². The maximum absolute atomic E-state index is 11.3. The van der Waals surface area contributed by atoms with E-state index in [2.05, 4.69) is 28.4 Å². The molecule has 0 saturated carbocycles. The van der Waals surface area contributed by atoms with Crippen molar-refractivity contribution in [1.82, 2.24) is 5.32 Å². The number of carbonyl (C=O) groups is 1. The standard InChI is InChI=1S/C14H18N2O2/c17-14(18)13-5-2-8-16(13)12-4-1-3-10-6-7-15-9-11(10)12/h1,3-4,13,15H,2,5-9H2,(H,17,18). The van der Waals surface area contributed by atoms with Crippen molar-refractivity contribution in [1.29, 1.82) is 0 Å². The maximum atomic E-state index is 11.3. The minimum Gasteiger partial charge on any atom is -0.480 e. The van der Waals surface area contributed by atoms with Gasteiger partial charge in [-0.3, -0.25) is 0 Å². The van der Waals surface area contributed by atoms with E-state index in [1.165, 1.54) is 11.1 Å². The molecule has 96 valence electrons. The molecule has 4 heteroatoms. The van der Waals surface area contributed by atoms with E-state index < -0.39 is 5.97 Å². The van der Waals surface area contributed by atoms with E-state index in [9.17, 15) is 9.90 Å². The first-order valence-electron chi connectivity index (χ1n) is 6.58. The zero-order valence-corrected chi connectivity index (χ0v) is 10.4. The fourth-order valence-corrected chi connectivity index (χ4v) is 3.08.